The first kappa shape index (κ1) is 15.9. The minimum atomic E-state index is 0. The van der Waals surface area contributed by atoms with E-state index in [0.717, 1.165) is 17.9 Å². The number of halogens is 1. The molecule has 2 aromatic heterocycles. The van der Waals surface area contributed by atoms with Gasteiger partial charge in [0.1, 0.15) is 30.9 Å². The number of carbonyl (C=O) groups excluding carboxylic acids is 1. The fraction of sp³-hybridized carbons (Fsp3) is 0.182. The molecule has 0 aliphatic rings. The summed E-state index contributed by atoms with van der Waals surface area (Å²) in [4.78, 5) is 22.4. The number of H-pyrrole nitrogens is 3. The van der Waals surface area contributed by atoms with E-state index in [-0.39, 0.29) is 12.4 Å². The average Bonchev–Trinajstić information content (AvgIpc) is 3.00. The van der Waals surface area contributed by atoms with Gasteiger partial charge in [-0.15, -0.1) is 0 Å². The zero-order valence-electron chi connectivity index (χ0n) is 9.89. The molecule has 0 unspecified atom stereocenters. The van der Waals surface area contributed by atoms with E-state index in [2.05, 4.69) is 24.7 Å². The quantitative estimate of drug-likeness (QED) is 0.480. The molecule has 18 heavy (non-hydrogen) atoms. The van der Waals surface area contributed by atoms with E-state index in [0.29, 0.717) is 6.42 Å². The van der Waals surface area contributed by atoms with Crippen molar-refractivity contribution in [3.63, 3.8) is 0 Å². The number of aldehydes is 1. The molecule has 3 N–H and O–H groups in total. The molecule has 0 radical (unpaired) electrons. The summed E-state index contributed by atoms with van der Waals surface area (Å²) in [7, 11) is 1.60. The van der Waals surface area contributed by atoms with Gasteiger partial charge < -0.3 is 26.9 Å². The Kier molecular flexibility index (Phi) is 8.93. The van der Waals surface area contributed by atoms with Crippen LogP contribution in [-0.4, -0.2) is 28.3 Å². The van der Waals surface area contributed by atoms with Crippen molar-refractivity contribution in [1.82, 2.24) is 15.0 Å². The Labute approximate surface area is 111 Å². The van der Waals surface area contributed by atoms with Gasteiger partial charge in [-0.2, -0.15) is 0 Å². The number of aromatic amines is 3. The van der Waals surface area contributed by atoms with Gasteiger partial charge in [-0.25, -0.2) is 15.0 Å². The van der Waals surface area contributed by atoms with E-state index in [1.165, 1.54) is 0 Å². The summed E-state index contributed by atoms with van der Waals surface area (Å²) in [6.07, 6.45) is 11.6. The van der Waals surface area contributed by atoms with Gasteiger partial charge in [0.2, 0.25) is 0 Å². The molecule has 2 heterocycles. The summed E-state index contributed by atoms with van der Waals surface area (Å²) in [5.74, 6) is 1.65. The highest BCUT2D eigenvalue weighted by molar-refractivity contribution is 5.51. The van der Waals surface area contributed by atoms with Crippen LogP contribution in [0.3, 0.4) is 0 Å². The number of ether oxygens (including phenoxy) is 1. The molecule has 98 valence electrons. The van der Waals surface area contributed by atoms with Gasteiger partial charge in [0.15, 0.2) is 0 Å². The molecule has 7 heteroatoms. The summed E-state index contributed by atoms with van der Waals surface area (Å²) < 4.78 is 4.67. The zero-order chi connectivity index (χ0) is 12.3. The SMILES string of the molecule is CO/C=C/c1ncc[nH]1.O=CCc1[nH]cc[nH+]1.[Cl-]. The molecule has 6 nitrogen and oxygen atoms in total. The highest BCUT2D eigenvalue weighted by Gasteiger charge is 1.95. The molecule has 0 aliphatic heterocycles. The van der Waals surface area contributed by atoms with Crippen LogP contribution < -0.4 is 17.4 Å². The fourth-order valence-corrected chi connectivity index (χ4v) is 1.03. The van der Waals surface area contributed by atoms with Crippen molar-refractivity contribution in [2.45, 2.75) is 6.42 Å². The van der Waals surface area contributed by atoms with Crippen LogP contribution >= 0.6 is 0 Å². The van der Waals surface area contributed by atoms with Gasteiger partial charge in [0.05, 0.1) is 13.4 Å². The second kappa shape index (κ2) is 10.1. The van der Waals surface area contributed by atoms with Crippen molar-refractivity contribution in [3.8, 4) is 0 Å². The molecule has 0 saturated carbocycles. The van der Waals surface area contributed by atoms with E-state index >= 15 is 0 Å². The molecule has 0 aromatic carbocycles. The van der Waals surface area contributed by atoms with Crippen LogP contribution in [0.1, 0.15) is 11.6 Å². The standard InChI is InChI=1S/C6H8N2O.C5H6N2O.ClH/c1-9-5-2-6-7-3-4-8-6;8-4-1-5-6-2-3-7-5;/h2-5H,1H3,(H,7,8);2-4H,1H2,(H,6,7);1H/b5-2+;;. The minimum Gasteiger partial charge on any atom is -1.00 e. The fourth-order valence-electron chi connectivity index (χ4n) is 1.03. The number of methoxy groups -OCH3 is 1. The summed E-state index contributed by atoms with van der Waals surface area (Å²) >= 11 is 0. The number of carbonyl (C=O) groups is 1. The summed E-state index contributed by atoms with van der Waals surface area (Å²) in [6, 6.07) is 0. The number of hydrogen-bond acceptors (Lipinski definition) is 3. The topological polar surface area (TPSA) is 84.9 Å². The third-order valence-corrected chi connectivity index (χ3v) is 1.77. The van der Waals surface area contributed by atoms with E-state index in [1.54, 1.807) is 44.2 Å². The van der Waals surface area contributed by atoms with Crippen molar-refractivity contribution in [3.05, 3.63) is 42.7 Å². The Morgan fingerprint density at radius 3 is 2.78 bits per heavy atom. The molecule has 0 atom stereocenters. The molecule has 0 aliphatic carbocycles. The third kappa shape index (κ3) is 6.49. The predicted octanol–water partition coefficient (Wildman–Crippen LogP) is -2.40. The lowest BCUT2D eigenvalue weighted by Crippen LogP contribution is -3.00. The number of imidazole rings is 2. The number of rotatable bonds is 4. The van der Waals surface area contributed by atoms with Gasteiger partial charge in [-0.3, -0.25) is 0 Å². The Balaban J connectivity index is 0.000000306. The average molecular weight is 271 g/mol. The Morgan fingerprint density at radius 1 is 1.44 bits per heavy atom. The van der Waals surface area contributed by atoms with Gasteiger partial charge in [0.25, 0.3) is 5.82 Å². The van der Waals surface area contributed by atoms with Gasteiger partial charge >= 0.3 is 0 Å². The maximum atomic E-state index is 9.83. The minimum absolute atomic E-state index is 0. The van der Waals surface area contributed by atoms with Crippen LogP contribution in [0.15, 0.2) is 31.0 Å². The maximum absolute atomic E-state index is 9.83. The molecular formula is C11H15ClN4O2. The maximum Gasteiger partial charge on any atom is 0.259 e. The van der Waals surface area contributed by atoms with E-state index in [9.17, 15) is 4.79 Å². The van der Waals surface area contributed by atoms with E-state index in [4.69, 9.17) is 0 Å². The molecule has 0 fully saturated rings. The van der Waals surface area contributed by atoms with E-state index in [1.807, 2.05) is 0 Å². The monoisotopic (exact) mass is 270 g/mol. The van der Waals surface area contributed by atoms with E-state index < -0.39 is 0 Å². The number of hydrogen-bond donors (Lipinski definition) is 2. The van der Waals surface area contributed by atoms with Crippen molar-refractivity contribution >= 4 is 12.4 Å². The first-order chi connectivity index (χ1) is 8.36. The zero-order valence-corrected chi connectivity index (χ0v) is 10.6. The van der Waals surface area contributed by atoms with Crippen LogP contribution in [0.2, 0.25) is 0 Å². The van der Waals surface area contributed by atoms with Crippen molar-refractivity contribution < 1.29 is 26.9 Å². The van der Waals surface area contributed by atoms with Crippen molar-refractivity contribution in [2.75, 3.05) is 7.11 Å². The molecule has 0 bridgehead atoms. The summed E-state index contributed by atoms with van der Waals surface area (Å²) in [6.45, 7) is 0. The first-order valence-electron chi connectivity index (χ1n) is 5.03. The molecule has 2 aromatic rings. The molecular weight excluding hydrogens is 256 g/mol. The van der Waals surface area contributed by atoms with Gasteiger partial charge in [0, 0.05) is 18.5 Å². The van der Waals surface area contributed by atoms with Crippen LogP contribution in [0.4, 0.5) is 0 Å². The predicted molar refractivity (Wildman–Crippen MR) is 61.7 cm³/mol. The first-order valence-corrected chi connectivity index (χ1v) is 5.03. The second-order valence-electron chi connectivity index (χ2n) is 2.98. The Bertz CT molecular complexity index is 426. The lowest BCUT2D eigenvalue weighted by molar-refractivity contribution is -0.387. The van der Waals surface area contributed by atoms with Crippen LogP contribution in [0.5, 0.6) is 0 Å². The van der Waals surface area contributed by atoms with Gasteiger partial charge in [-0.05, 0) is 0 Å². The highest BCUT2D eigenvalue weighted by Crippen LogP contribution is 1.90. The van der Waals surface area contributed by atoms with Crippen LogP contribution in [-0.2, 0) is 16.0 Å². The lowest BCUT2D eigenvalue weighted by Gasteiger charge is -1.83. The number of aromatic nitrogens is 4. The van der Waals surface area contributed by atoms with Crippen LogP contribution in [0.25, 0.3) is 6.08 Å². The summed E-state index contributed by atoms with van der Waals surface area (Å²) in [5, 5.41) is 0. The lowest BCUT2D eigenvalue weighted by atomic mass is 10.5. The smallest absolute Gasteiger partial charge is 0.259 e. The molecule has 0 spiro atoms. The number of nitrogens with one attached hydrogen (secondary N) is 3. The van der Waals surface area contributed by atoms with Crippen molar-refractivity contribution in [2.24, 2.45) is 0 Å². The van der Waals surface area contributed by atoms with Gasteiger partial charge in [-0.1, -0.05) is 0 Å². The molecule has 0 amide bonds. The molecule has 2 rings (SSSR count). The van der Waals surface area contributed by atoms with Crippen LogP contribution in [0, 0.1) is 0 Å². The number of nitrogens with zero attached hydrogens (tertiary/aromatic N) is 1. The normalized spacial score (nSPS) is 9.17. The summed E-state index contributed by atoms with van der Waals surface area (Å²) in [5.41, 5.74) is 0. The third-order valence-electron chi connectivity index (χ3n) is 1.77. The highest BCUT2D eigenvalue weighted by atomic mass is 35.5. The second-order valence-corrected chi connectivity index (χ2v) is 2.98. The largest absolute Gasteiger partial charge is 1.00 e. The Morgan fingerprint density at radius 2 is 2.28 bits per heavy atom. The molecule has 0 saturated heterocycles. The van der Waals surface area contributed by atoms with Crippen molar-refractivity contribution in [1.29, 1.82) is 0 Å². The Hall–Kier alpha value is -2.08.